The van der Waals surface area contributed by atoms with Crippen LogP contribution < -0.4 is 10.1 Å². The SMILES string of the molecule is COc1ccc2nc(C3CC3)cc(C(=O)NC3(C(=O)O)CCSCC3)c2c1. The molecule has 1 aromatic heterocycles. The summed E-state index contributed by atoms with van der Waals surface area (Å²) in [6.45, 7) is 0. The number of hydrogen-bond acceptors (Lipinski definition) is 5. The fourth-order valence-electron chi connectivity index (χ4n) is 3.53. The highest BCUT2D eigenvalue weighted by atomic mass is 32.2. The standard InChI is InChI=1S/C20H22N2O4S/c1-26-13-4-5-16-14(10-13)15(11-17(21-16)12-2-3-12)18(23)22-20(19(24)25)6-8-27-9-7-20/h4-5,10-12H,2-3,6-9H2,1H3,(H,22,23)(H,24,25). The molecular formula is C20H22N2O4S. The number of amides is 1. The van der Waals surface area contributed by atoms with Crippen molar-refractivity contribution < 1.29 is 19.4 Å². The number of methoxy groups -OCH3 is 1. The third kappa shape index (κ3) is 3.48. The quantitative estimate of drug-likeness (QED) is 0.820. The van der Waals surface area contributed by atoms with Crippen LogP contribution in [0.4, 0.5) is 0 Å². The lowest BCUT2D eigenvalue weighted by molar-refractivity contribution is -0.144. The van der Waals surface area contributed by atoms with Gasteiger partial charge < -0.3 is 15.2 Å². The number of aliphatic carboxylic acids is 1. The molecule has 1 aliphatic carbocycles. The molecule has 27 heavy (non-hydrogen) atoms. The Balaban J connectivity index is 1.76. The van der Waals surface area contributed by atoms with Crippen LogP contribution in [0.25, 0.3) is 10.9 Å². The van der Waals surface area contributed by atoms with Crippen LogP contribution in [0.1, 0.15) is 47.7 Å². The molecule has 0 bridgehead atoms. The van der Waals surface area contributed by atoms with E-state index in [0.29, 0.717) is 35.5 Å². The molecule has 2 aliphatic rings. The van der Waals surface area contributed by atoms with Gasteiger partial charge in [-0.15, -0.1) is 0 Å². The van der Waals surface area contributed by atoms with E-state index in [2.05, 4.69) is 5.32 Å². The first-order chi connectivity index (χ1) is 13.0. The number of aromatic nitrogens is 1. The Morgan fingerprint density at radius 1 is 1.26 bits per heavy atom. The van der Waals surface area contributed by atoms with Gasteiger partial charge in [0.05, 0.1) is 18.2 Å². The maximum atomic E-state index is 13.2. The van der Waals surface area contributed by atoms with Crippen LogP contribution in [0.3, 0.4) is 0 Å². The number of thioether (sulfide) groups is 1. The van der Waals surface area contributed by atoms with Crippen molar-refractivity contribution >= 4 is 34.5 Å². The molecule has 1 saturated carbocycles. The fourth-order valence-corrected chi connectivity index (χ4v) is 4.72. The molecule has 2 fully saturated rings. The monoisotopic (exact) mass is 386 g/mol. The Morgan fingerprint density at radius 3 is 2.63 bits per heavy atom. The van der Waals surface area contributed by atoms with Gasteiger partial charge in [-0.2, -0.15) is 11.8 Å². The maximum Gasteiger partial charge on any atom is 0.329 e. The smallest absolute Gasteiger partial charge is 0.329 e. The minimum Gasteiger partial charge on any atom is -0.497 e. The van der Waals surface area contributed by atoms with Gasteiger partial charge in [-0.05, 0) is 61.5 Å². The highest BCUT2D eigenvalue weighted by Crippen LogP contribution is 2.40. The molecule has 0 spiro atoms. The molecule has 2 N–H and O–H groups in total. The van der Waals surface area contributed by atoms with Crippen LogP contribution >= 0.6 is 11.8 Å². The molecular weight excluding hydrogens is 364 g/mol. The van der Waals surface area contributed by atoms with Crippen LogP contribution in [-0.2, 0) is 4.79 Å². The van der Waals surface area contributed by atoms with E-state index in [4.69, 9.17) is 9.72 Å². The van der Waals surface area contributed by atoms with E-state index in [0.717, 1.165) is 35.6 Å². The van der Waals surface area contributed by atoms with Crippen LogP contribution in [0.15, 0.2) is 24.3 Å². The van der Waals surface area contributed by atoms with Gasteiger partial charge in [0.25, 0.3) is 5.91 Å². The Hall–Kier alpha value is -2.28. The number of benzene rings is 1. The number of nitrogens with zero attached hydrogens (tertiary/aromatic N) is 1. The normalized spacial score (nSPS) is 18.9. The predicted octanol–water partition coefficient (Wildman–Crippen LogP) is 3.20. The predicted molar refractivity (Wildman–Crippen MR) is 105 cm³/mol. The number of carbonyl (C=O) groups excluding carboxylic acids is 1. The van der Waals surface area contributed by atoms with Crippen LogP contribution in [-0.4, -0.2) is 46.1 Å². The summed E-state index contributed by atoms with van der Waals surface area (Å²) in [5.74, 6) is 1.17. The number of rotatable bonds is 5. The van der Waals surface area contributed by atoms with Gasteiger partial charge in [-0.25, -0.2) is 4.79 Å². The van der Waals surface area contributed by atoms with Crippen molar-refractivity contribution in [2.75, 3.05) is 18.6 Å². The Morgan fingerprint density at radius 2 is 2.00 bits per heavy atom. The molecule has 0 atom stereocenters. The number of hydrogen-bond donors (Lipinski definition) is 2. The largest absolute Gasteiger partial charge is 0.497 e. The summed E-state index contributed by atoms with van der Waals surface area (Å²) >= 11 is 1.72. The summed E-state index contributed by atoms with van der Waals surface area (Å²) < 4.78 is 5.30. The molecule has 7 heteroatoms. The minimum absolute atomic E-state index is 0.355. The van der Waals surface area contributed by atoms with Crippen molar-refractivity contribution in [1.82, 2.24) is 10.3 Å². The van der Waals surface area contributed by atoms with Crippen LogP contribution in [0.2, 0.25) is 0 Å². The third-order valence-electron chi connectivity index (χ3n) is 5.38. The second kappa shape index (κ2) is 7.03. The van der Waals surface area contributed by atoms with E-state index in [-0.39, 0.29) is 5.91 Å². The van der Waals surface area contributed by atoms with E-state index in [1.165, 1.54) is 0 Å². The highest BCUT2D eigenvalue weighted by Gasteiger charge is 2.41. The average molecular weight is 386 g/mol. The zero-order valence-corrected chi connectivity index (χ0v) is 16.0. The lowest BCUT2D eigenvalue weighted by Gasteiger charge is -2.33. The summed E-state index contributed by atoms with van der Waals surface area (Å²) in [6.07, 6.45) is 3.01. The summed E-state index contributed by atoms with van der Waals surface area (Å²) in [5.41, 5.74) is 0.909. The Kier molecular flexibility index (Phi) is 4.72. The number of nitrogens with one attached hydrogen (secondary N) is 1. The van der Waals surface area contributed by atoms with Gasteiger partial charge in [0, 0.05) is 17.0 Å². The molecule has 142 valence electrons. The number of ether oxygens (including phenoxy) is 1. The molecule has 2 aromatic rings. The molecule has 0 radical (unpaired) electrons. The van der Waals surface area contributed by atoms with E-state index < -0.39 is 11.5 Å². The van der Waals surface area contributed by atoms with Crippen molar-refractivity contribution in [2.45, 2.75) is 37.1 Å². The van der Waals surface area contributed by atoms with E-state index in [9.17, 15) is 14.7 Å². The number of carboxylic acid groups (broad SMARTS) is 1. The number of pyridine rings is 1. The molecule has 0 unspecified atom stereocenters. The van der Waals surface area contributed by atoms with E-state index in [1.807, 2.05) is 18.2 Å². The zero-order valence-electron chi connectivity index (χ0n) is 15.2. The number of carboxylic acids is 1. The summed E-state index contributed by atoms with van der Waals surface area (Å²) in [4.78, 5) is 29.8. The van der Waals surface area contributed by atoms with Crippen molar-refractivity contribution in [2.24, 2.45) is 0 Å². The molecule has 2 heterocycles. The first-order valence-corrected chi connectivity index (χ1v) is 10.3. The second-order valence-electron chi connectivity index (χ2n) is 7.21. The molecule has 1 aliphatic heterocycles. The van der Waals surface area contributed by atoms with Crippen molar-refractivity contribution in [3.63, 3.8) is 0 Å². The van der Waals surface area contributed by atoms with Crippen molar-refractivity contribution in [1.29, 1.82) is 0 Å². The van der Waals surface area contributed by atoms with Gasteiger partial charge in [0.2, 0.25) is 0 Å². The van der Waals surface area contributed by atoms with Gasteiger partial charge in [-0.1, -0.05) is 0 Å². The molecule has 1 saturated heterocycles. The first-order valence-electron chi connectivity index (χ1n) is 9.15. The fraction of sp³-hybridized carbons (Fsp3) is 0.450. The topological polar surface area (TPSA) is 88.5 Å². The third-order valence-corrected chi connectivity index (χ3v) is 6.37. The average Bonchev–Trinajstić information content (AvgIpc) is 3.52. The lowest BCUT2D eigenvalue weighted by Crippen LogP contribution is -2.56. The van der Waals surface area contributed by atoms with E-state index >= 15 is 0 Å². The maximum absolute atomic E-state index is 13.2. The number of fused-ring (bicyclic) bond motifs is 1. The highest BCUT2D eigenvalue weighted by molar-refractivity contribution is 7.99. The Bertz CT molecular complexity index is 904. The van der Waals surface area contributed by atoms with E-state index in [1.54, 1.807) is 24.9 Å². The van der Waals surface area contributed by atoms with Crippen LogP contribution in [0.5, 0.6) is 5.75 Å². The number of carbonyl (C=O) groups is 2. The molecule has 1 aromatic carbocycles. The van der Waals surface area contributed by atoms with Gasteiger partial charge in [0.1, 0.15) is 11.3 Å². The minimum atomic E-state index is -1.20. The zero-order chi connectivity index (χ0) is 19.0. The molecule has 6 nitrogen and oxygen atoms in total. The molecule has 1 amide bonds. The summed E-state index contributed by atoms with van der Waals surface area (Å²) in [7, 11) is 1.58. The molecule has 4 rings (SSSR count). The van der Waals surface area contributed by atoms with Gasteiger partial charge in [0.15, 0.2) is 0 Å². The summed E-state index contributed by atoms with van der Waals surface area (Å²) in [5, 5.41) is 13.3. The van der Waals surface area contributed by atoms with Gasteiger partial charge in [-0.3, -0.25) is 9.78 Å². The second-order valence-corrected chi connectivity index (χ2v) is 8.43. The van der Waals surface area contributed by atoms with Gasteiger partial charge >= 0.3 is 5.97 Å². The Labute approximate surface area is 161 Å². The van der Waals surface area contributed by atoms with Crippen molar-refractivity contribution in [3.8, 4) is 5.75 Å². The van der Waals surface area contributed by atoms with Crippen molar-refractivity contribution in [3.05, 3.63) is 35.5 Å². The lowest BCUT2D eigenvalue weighted by atomic mass is 9.91. The van der Waals surface area contributed by atoms with Crippen LogP contribution in [0, 0.1) is 0 Å². The summed E-state index contributed by atoms with van der Waals surface area (Å²) in [6, 6.07) is 7.28. The first kappa shape index (κ1) is 18.1.